The molecule has 0 bridgehead atoms. The molecule has 1 unspecified atom stereocenters. The van der Waals surface area contributed by atoms with Gasteiger partial charge < -0.3 is 14.5 Å². The van der Waals surface area contributed by atoms with Crippen molar-refractivity contribution in [2.24, 2.45) is 5.92 Å². The van der Waals surface area contributed by atoms with Crippen LogP contribution < -0.4 is 0 Å². The van der Waals surface area contributed by atoms with Crippen molar-refractivity contribution in [3.8, 4) is 11.3 Å². The Morgan fingerprint density at radius 1 is 1.19 bits per heavy atom. The number of amides is 1. The third kappa shape index (κ3) is 4.65. The van der Waals surface area contributed by atoms with Gasteiger partial charge in [-0.1, -0.05) is 12.1 Å². The molecule has 6 heteroatoms. The van der Waals surface area contributed by atoms with Crippen molar-refractivity contribution in [2.75, 3.05) is 46.9 Å². The minimum absolute atomic E-state index is 0.0563. The van der Waals surface area contributed by atoms with Crippen LogP contribution in [-0.2, 0) is 4.74 Å². The van der Waals surface area contributed by atoms with Crippen molar-refractivity contribution in [3.05, 3.63) is 47.7 Å². The molecule has 1 saturated heterocycles. The van der Waals surface area contributed by atoms with E-state index < -0.39 is 0 Å². The SMILES string of the molecule is Cc1ccc(-c2ccc(C(=O)N3CCOCC(CN(C)C)C3)cc2)nn1. The molecule has 26 heavy (non-hydrogen) atoms. The molecular formula is C20H26N4O2. The number of rotatable bonds is 4. The number of hydrogen-bond acceptors (Lipinski definition) is 5. The highest BCUT2D eigenvalue weighted by Crippen LogP contribution is 2.19. The van der Waals surface area contributed by atoms with Crippen molar-refractivity contribution < 1.29 is 9.53 Å². The lowest BCUT2D eigenvalue weighted by molar-refractivity contribution is 0.0735. The van der Waals surface area contributed by atoms with Crippen molar-refractivity contribution in [2.45, 2.75) is 6.92 Å². The second-order valence-electron chi connectivity index (χ2n) is 7.09. The Labute approximate surface area is 154 Å². The van der Waals surface area contributed by atoms with Gasteiger partial charge in [-0.05, 0) is 45.3 Å². The third-order valence-electron chi connectivity index (χ3n) is 4.47. The molecule has 1 aliphatic heterocycles. The zero-order valence-corrected chi connectivity index (χ0v) is 15.7. The topological polar surface area (TPSA) is 58.6 Å². The molecule has 6 nitrogen and oxygen atoms in total. The number of aryl methyl sites for hydroxylation is 1. The first-order chi connectivity index (χ1) is 12.5. The number of carbonyl (C=O) groups excluding carboxylic acids is 1. The Morgan fingerprint density at radius 2 is 1.96 bits per heavy atom. The lowest BCUT2D eigenvalue weighted by Crippen LogP contribution is -2.38. The molecule has 2 aromatic rings. The third-order valence-corrected chi connectivity index (χ3v) is 4.47. The fourth-order valence-electron chi connectivity index (χ4n) is 3.21. The monoisotopic (exact) mass is 354 g/mol. The van der Waals surface area contributed by atoms with Crippen molar-refractivity contribution in [1.29, 1.82) is 0 Å². The normalized spacial score (nSPS) is 18.0. The molecule has 1 aromatic heterocycles. The molecule has 1 aliphatic rings. The molecule has 3 rings (SSSR count). The Balaban J connectivity index is 1.71. The second kappa shape index (κ2) is 8.38. The summed E-state index contributed by atoms with van der Waals surface area (Å²) in [4.78, 5) is 16.9. The molecule has 0 radical (unpaired) electrons. The summed E-state index contributed by atoms with van der Waals surface area (Å²) in [6.07, 6.45) is 0. The average molecular weight is 354 g/mol. The summed E-state index contributed by atoms with van der Waals surface area (Å²) in [6.45, 7) is 5.47. The van der Waals surface area contributed by atoms with Crippen LogP contribution >= 0.6 is 0 Å². The molecule has 1 atom stereocenters. The molecule has 1 fully saturated rings. The van der Waals surface area contributed by atoms with Gasteiger partial charge in [-0.2, -0.15) is 10.2 Å². The van der Waals surface area contributed by atoms with Crippen LogP contribution in [0.2, 0.25) is 0 Å². The number of aromatic nitrogens is 2. The lowest BCUT2D eigenvalue weighted by Gasteiger charge is -2.25. The summed E-state index contributed by atoms with van der Waals surface area (Å²) >= 11 is 0. The first-order valence-corrected chi connectivity index (χ1v) is 8.95. The van der Waals surface area contributed by atoms with E-state index in [1.165, 1.54) is 0 Å². The number of carbonyl (C=O) groups is 1. The van der Waals surface area contributed by atoms with Gasteiger partial charge >= 0.3 is 0 Å². The maximum Gasteiger partial charge on any atom is 0.253 e. The van der Waals surface area contributed by atoms with Gasteiger partial charge in [0.1, 0.15) is 0 Å². The van der Waals surface area contributed by atoms with Crippen molar-refractivity contribution in [1.82, 2.24) is 20.0 Å². The summed E-state index contributed by atoms with van der Waals surface area (Å²) in [5.41, 5.74) is 3.35. The molecule has 0 aliphatic carbocycles. The van der Waals surface area contributed by atoms with E-state index in [4.69, 9.17) is 4.74 Å². The van der Waals surface area contributed by atoms with E-state index in [0.29, 0.717) is 31.2 Å². The van der Waals surface area contributed by atoms with Crippen LogP contribution in [0, 0.1) is 12.8 Å². The average Bonchev–Trinajstić information content (AvgIpc) is 2.87. The van der Waals surface area contributed by atoms with Crippen LogP contribution in [0.25, 0.3) is 11.3 Å². The highest BCUT2D eigenvalue weighted by molar-refractivity contribution is 5.94. The zero-order chi connectivity index (χ0) is 18.5. The molecular weight excluding hydrogens is 328 g/mol. The molecule has 0 N–H and O–H groups in total. The highest BCUT2D eigenvalue weighted by Gasteiger charge is 2.23. The van der Waals surface area contributed by atoms with Crippen molar-refractivity contribution >= 4 is 5.91 Å². The van der Waals surface area contributed by atoms with Crippen LogP contribution in [-0.4, -0.2) is 72.8 Å². The predicted molar refractivity (Wildman–Crippen MR) is 101 cm³/mol. The van der Waals surface area contributed by atoms with Gasteiger partial charge in [0.15, 0.2) is 0 Å². The van der Waals surface area contributed by atoms with Gasteiger partial charge in [0.2, 0.25) is 0 Å². The van der Waals surface area contributed by atoms with Gasteiger partial charge in [-0.15, -0.1) is 0 Å². The summed E-state index contributed by atoms with van der Waals surface area (Å²) in [6, 6.07) is 11.5. The van der Waals surface area contributed by atoms with Gasteiger partial charge in [-0.25, -0.2) is 0 Å². The summed E-state index contributed by atoms with van der Waals surface area (Å²) in [5.74, 6) is 0.388. The lowest BCUT2D eigenvalue weighted by atomic mass is 10.1. The Bertz CT molecular complexity index is 728. The summed E-state index contributed by atoms with van der Waals surface area (Å²) in [5, 5.41) is 8.28. The quantitative estimate of drug-likeness (QED) is 0.842. The smallest absolute Gasteiger partial charge is 0.253 e. The minimum Gasteiger partial charge on any atom is -0.379 e. The Hall–Kier alpha value is -2.31. The number of ether oxygens (including phenoxy) is 1. The zero-order valence-electron chi connectivity index (χ0n) is 15.7. The van der Waals surface area contributed by atoms with Crippen LogP contribution in [0.4, 0.5) is 0 Å². The number of benzene rings is 1. The Kier molecular flexibility index (Phi) is 5.96. The van der Waals surface area contributed by atoms with E-state index in [1.54, 1.807) is 0 Å². The van der Waals surface area contributed by atoms with E-state index in [2.05, 4.69) is 15.1 Å². The molecule has 1 amide bonds. The van der Waals surface area contributed by atoms with Crippen LogP contribution in [0.5, 0.6) is 0 Å². The van der Waals surface area contributed by atoms with Crippen LogP contribution in [0.1, 0.15) is 16.1 Å². The van der Waals surface area contributed by atoms with Crippen LogP contribution in [0.3, 0.4) is 0 Å². The molecule has 0 saturated carbocycles. The fourth-order valence-corrected chi connectivity index (χ4v) is 3.21. The van der Waals surface area contributed by atoms with Crippen LogP contribution in [0.15, 0.2) is 36.4 Å². The van der Waals surface area contributed by atoms with E-state index >= 15 is 0 Å². The molecule has 2 heterocycles. The molecule has 1 aromatic carbocycles. The number of nitrogens with zero attached hydrogens (tertiary/aromatic N) is 4. The minimum atomic E-state index is 0.0563. The first kappa shape index (κ1) is 18.5. The fraction of sp³-hybridized carbons (Fsp3) is 0.450. The predicted octanol–water partition coefficient (Wildman–Crippen LogP) is 2.10. The van der Waals surface area contributed by atoms with E-state index in [0.717, 1.165) is 30.0 Å². The first-order valence-electron chi connectivity index (χ1n) is 8.95. The second-order valence-corrected chi connectivity index (χ2v) is 7.09. The van der Waals surface area contributed by atoms with E-state index in [-0.39, 0.29) is 5.91 Å². The maximum atomic E-state index is 12.9. The highest BCUT2D eigenvalue weighted by atomic mass is 16.5. The van der Waals surface area contributed by atoms with Gasteiger partial charge in [0, 0.05) is 36.7 Å². The molecule has 138 valence electrons. The van der Waals surface area contributed by atoms with Crippen molar-refractivity contribution in [3.63, 3.8) is 0 Å². The standard InChI is InChI=1S/C20H26N4O2/c1-15-4-9-19(22-21-15)17-5-7-18(8-6-17)20(25)24-10-11-26-14-16(13-24)12-23(2)3/h4-9,16H,10-14H2,1-3H3. The Morgan fingerprint density at radius 3 is 2.62 bits per heavy atom. The largest absolute Gasteiger partial charge is 0.379 e. The summed E-state index contributed by atoms with van der Waals surface area (Å²) < 4.78 is 5.68. The maximum absolute atomic E-state index is 12.9. The molecule has 0 spiro atoms. The summed E-state index contributed by atoms with van der Waals surface area (Å²) in [7, 11) is 4.09. The van der Waals surface area contributed by atoms with Gasteiger partial charge in [0.25, 0.3) is 5.91 Å². The van der Waals surface area contributed by atoms with E-state index in [1.807, 2.05) is 62.3 Å². The van der Waals surface area contributed by atoms with Gasteiger partial charge in [0.05, 0.1) is 24.6 Å². The van der Waals surface area contributed by atoms with Gasteiger partial charge in [-0.3, -0.25) is 4.79 Å². The number of hydrogen-bond donors (Lipinski definition) is 0. The van der Waals surface area contributed by atoms with E-state index in [9.17, 15) is 4.79 Å².